The summed E-state index contributed by atoms with van der Waals surface area (Å²) in [4.78, 5) is 7.55. The van der Waals surface area contributed by atoms with Gasteiger partial charge in [0.2, 0.25) is 5.96 Å². The second-order valence-corrected chi connectivity index (χ2v) is 4.31. The summed E-state index contributed by atoms with van der Waals surface area (Å²) in [5.74, 6) is 6.10. The lowest BCUT2D eigenvalue weighted by Gasteiger charge is -2.19. The van der Waals surface area contributed by atoms with Gasteiger partial charge in [-0.3, -0.25) is 5.43 Å². The number of nitrogens with zero attached hydrogens (tertiary/aromatic N) is 2. The van der Waals surface area contributed by atoms with E-state index in [1.807, 2.05) is 18.0 Å². The fourth-order valence-corrected chi connectivity index (χ4v) is 1.99. The lowest BCUT2D eigenvalue weighted by molar-refractivity contribution is 0.207. The fourth-order valence-electron chi connectivity index (χ4n) is 1.23. The number of nitrogens with two attached hydrogens (primary N) is 1. The van der Waals surface area contributed by atoms with Gasteiger partial charge in [-0.25, -0.2) is 10.8 Å². The Hall–Kier alpha value is -1.11. The maximum absolute atomic E-state index is 5.43. The number of hydrogen-bond acceptors (Lipinski definition) is 4. The van der Waals surface area contributed by atoms with Crippen molar-refractivity contribution in [2.45, 2.75) is 6.54 Å². The minimum Gasteiger partial charge on any atom is -0.383 e. The molecule has 90 valence electrons. The van der Waals surface area contributed by atoms with Gasteiger partial charge in [0.1, 0.15) is 0 Å². The predicted molar refractivity (Wildman–Crippen MR) is 67.3 cm³/mol. The van der Waals surface area contributed by atoms with Crippen LogP contribution < -0.4 is 11.3 Å². The molecule has 1 rings (SSSR count). The number of aliphatic imine (C=N–C) groups is 1. The Morgan fingerprint density at radius 2 is 2.50 bits per heavy atom. The highest BCUT2D eigenvalue weighted by molar-refractivity contribution is 7.09. The average molecular weight is 242 g/mol. The quantitative estimate of drug-likeness (QED) is 0.262. The third kappa shape index (κ3) is 4.18. The van der Waals surface area contributed by atoms with Gasteiger partial charge in [0, 0.05) is 19.0 Å². The van der Waals surface area contributed by atoms with Crippen LogP contribution in [0.15, 0.2) is 22.5 Å². The largest absolute Gasteiger partial charge is 0.383 e. The summed E-state index contributed by atoms with van der Waals surface area (Å²) in [6.45, 7) is 2.00. The molecule has 0 saturated carbocycles. The Morgan fingerprint density at radius 3 is 3.06 bits per heavy atom. The third-order valence-electron chi connectivity index (χ3n) is 2.02. The number of ether oxygens (including phenoxy) is 1. The molecular weight excluding hydrogens is 224 g/mol. The van der Waals surface area contributed by atoms with Gasteiger partial charge >= 0.3 is 0 Å². The summed E-state index contributed by atoms with van der Waals surface area (Å²) < 4.78 is 4.93. The van der Waals surface area contributed by atoms with Crippen molar-refractivity contribution in [1.29, 1.82) is 0 Å². The van der Waals surface area contributed by atoms with Gasteiger partial charge in [0.15, 0.2) is 0 Å². The predicted octanol–water partition coefficient (Wildman–Crippen LogP) is 0.646. The number of rotatable bonds is 5. The van der Waals surface area contributed by atoms with Crippen LogP contribution in [0.5, 0.6) is 0 Å². The van der Waals surface area contributed by atoms with Crippen molar-refractivity contribution >= 4 is 17.3 Å². The standard InChI is InChI=1S/C10H18N4OS/c1-14(8-9-4-3-7-16-9)10(13-11)12-5-6-15-2/h3-4,7H,5-6,8,11H2,1-2H3,(H,12,13). The average Bonchev–Trinajstić information content (AvgIpc) is 2.77. The molecule has 0 aliphatic carbocycles. The number of guanidine groups is 1. The third-order valence-corrected chi connectivity index (χ3v) is 2.88. The van der Waals surface area contributed by atoms with E-state index in [1.165, 1.54) is 4.88 Å². The van der Waals surface area contributed by atoms with Gasteiger partial charge in [0.05, 0.1) is 19.7 Å². The minimum atomic E-state index is 0.595. The monoisotopic (exact) mass is 242 g/mol. The van der Waals surface area contributed by atoms with Gasteiger partial charge in [-0.05, 0) is 11.4 Å². The van der Waals surface area contributed by atoms with Gasteiger partial charge in [-0.15, -0.1) is 11.3 Å². The van der Waals surface area contributed by atoms with E-state index < -0.39 is 0 Å². The zero-order chi connectivity index (χ0) is 11.8. The maximum atomic E-state index is 5.43. The summed E-state index contributed by atoms with van der Waals surface area (Å²) in [7, 11) is 3.60. The Morgan fingerprint density at radius 1 is 1.69 bits per heavy atom. The van der Waals surface area contributed by atoms with Crippen LogP contribution in [0.25, 0.3) is 0 Å². The van der Waals surface area contributed by atoms with Crippen molar-refractivity contribution in [2.75, 3.05) is 27.3 Å². The molecule has 0 fully saturated rings. The van der Waals surface area contributed by atoms with Crippen LogP contribution >= 0.6 is 11.3 Å². The van der Waals surface area contributed by atoms with Crippen LogP contribution in [0, 0.1) is 0 Å². The highest BCUT2D eigenvalue weighted by atomic mass is 32.1. The molecule has 0 aliphatic rings. The van der Waals surface area contributed by atoms with Gasteiger partial charge in [-0.1, -0.05) is 6.07 Å². The second kappa shape index (κ2) is 7.21. The SMILES string of the molecule is COCCN=C(NN)N(C)Cc1cccs1. The van der Waals surface area contributed by atoms with Crippen LogP contribution in [0.3, 0.4) is 0 Å². The second-order valence-electron chi connectivity index (χ2n) is 3.28. The van der Waals surface area contributed by atoms with E-state index in [2.05, 4.69) is 21.9 Å². The van der Waals surface area contributed by atoms with E-state index in [4.69, 9.17) is 10.6 Å². The van der Waals surface area contributed by atoms with E-state index in [-0.39, 0.29) is 0 Å². The van der Waals surface area contributed by atoms with Crippen molar-refractivity contribution in [2.24, 2.45) is 10.8 Å². The molecular formula is C10H18N4OS. The summed E-state index contributed by atoms with van der Waals surface area (Å²) in [6.07, 6.45) is 0. The Balaban J connectivity index is 2.48. The summed E-state index contributed by atoms with van der Waals surface area (Å²) in [5.41, 5.74) is 2.60. The number of hydrogen-bond donors (Lipinski definition) is 2. The van der Waals surface area contributed by atoms with Gasteiger partial charge in [-0.2, -0.15) is 0 Å². The molecule has 0 bridgehead atoms. The lowest BCUT2D eigenvalue weighted by atomic mass is 10.4. The highest BCUT2D eigenvalue weighted by Gasteiger charge is 2.05. The zero-order valence-corrected chi connectivity index (χ0v) is 10.5. The Kier molecular flexibility index (Phi) is 5.84. The van der Waals surface area contributed by atoms with Gasteiger partial charge in [0.25, 0.3) is 0 Å². The molecule has 16 heavy (non-hydrogen) atoms. The molecule has 1 heterocycles. The van der Waals surface area contributed by atoms with Crippen molar-refractivity contribution in [3.8, 4) is 0 Å². The zero-order valence-electron chi connectivity index (χ0n) is 9.64. The number of methoxy groups -OCH3 is 1. The van der Waals surface area contributed by atoms with Crippen molar-refractivity contribution < 1.29 is 4.74 Å². The van der Waals surface area contributed by atoms with E-state index >= 15 is 0 Å². The first-order valence-corrected chi connectivity index (χ1v) is 5.89. The molecule has 1 aromatic heterocycles. The normalized spacial score (nSPS) is 11.6. The molecule has 0 aliphatic heterocycles. The van der Waals surface area contributed by atoms with E-state index in [0.29, 0.717) is 19.1 Å². The van der Waals surface area contributed by atoms with Crippen LogP contribution in [-0.2, 0) is 11.3 Å². The molecule has 0 spiro atoms. The number of nitrogens with one attached hydrogen (secondary N) is 1. The molecule has 0 radical (unpaired) electrons. The molecule has 0 saturated heterocycles. The minimum absolute atomic E-state index is 0.595. The number of thiophene rings is 1. The first-order chi connectivity index (χ1) is 7.77. The smallest absolute Gasteiger partial charge is 0.208 e. The van der Waals surface area contributed by atoms with Gasteiger partial charge < -0.3 is 9.64 Å². The topological polar surface area (TPSA) is 62.9 Å². The van der Waals surface area contributed by atoms with Crippen molar-refractivity contribution in [1.82, 2.24) is 10.3 Å². The lowest BCUT2D eigenvalue weighted by Crippen LogP contribution is -2.42. The van der Waals surface area contributed by atoms with Crippen LogP contribution in [0.2, 0.25) is 0 Å². The molecule has 6 heteroatoms. The molecule has 0 atom stereocenters. The van der Waals surface area contributed by atoms with Crippen LogP contribution in [0.4, 0.5) is 0 Å². The molecule has 0 amide bonds. The van der Waals surface area contributed by atoms with Crippen molar-refractivity contribution in [3.05, 3.63) is 22.4 Å². The first kappa shape index (κ1) is 13.0. The summed E-state index contributed by atoms with van der Waals surface area (Å²) in [6, 6.07) is 4.12. The van der Waals surface area contributed by atoms with E-state index in [1.54, 1.807) is 18.4 Å². The molecule has 0 unspecified atom stereocenters. The summed E-state index contributed by atoms with van der Waals surface area (Å²) >= 11 is 1.72. The van der Waals surface area contributed by atoms with Crippen LogP contribution in [0.1, 0.15) is 4.88 Å². The molecule has 5 nitrogen and oxygen atoms in total. The first-order valence-electron chi connectivity index (χ1n) is 5.01. The Labute approximate surface area is 99.9 Å². The Bertz CT molecular complexity index is 313. The van der Waals surface area contributed by atoms with E-state index in [0.717, 1.165) is 6.54 Å². The highest BCUT2D eigenvalue weighted by Crippen LogP contribution is 2.10. The molecule has 3 N–H and O–H groups in total. The molecule has 1 aromatic rings. The number of hydrazine groups is 1. The van der Waals surface area contributed by atoms with E-state index in [9.17, 15) is 0 Å². The summed E-state index contributed by atoms with van der Waals surface area (Å²) in [5, 5.41) is 2.06. The fraction of sp³-hybridized carbons (Fsp3) is 0.500. The maximum Gasteiger partial charge on any atom is 0.208 e. The van der Waals surface area contributed by atoms with Crippen molar-refractivity contribution in [3.63, 3.8) is 0 Å². The van der Waals surface area contributed by atoms with Crippen LogP contribution in [-0.4, -0.2) is 38.2 Å². The molecule has 0 aromatic carbocycles.